The summed E-state index contributed by atoms with van der Waals surface area (Å²) in [7, 11) is 0. The molecular formula is C15H13FN2S. The molecular weight excluding hydrogens is 259 g/mol. The second-order valence-electron chi connectivity index (χ2n) is 5.00. The van der Waals surface area contributed by atoms with E-state index >= 15 is 0 Å². The first-order valence-corrected chi connectivity index (χ1v) is 7.31. The van der Waals surface area contributed by atoms with Crippen LogP contribution < -0.4 is 0 Å². The number of imidazole rings is 1. The van der Waals surface area contributed by atoms with Gasteiger partial charge in [-0.25, -0.2) is 9.37 Å². The van der Waals surface area contributed by atoms with Crippen molar-refractivity contribution in [3.05, 3.63) is 46.3 Å². The third-order valence-corrected chi connectivity index (χ3v) is 4.96. The van der Waals surface area contributed by atoms with Crippen LogP contribution in [0.15, 0.2) is 24.3 Å². The van der Waals surface area contributed by atoms with Crippen LogP contribution in [0.5, 0.6) is 0 Å². The van der Waals surface area contributed by atoms with Gasteiger partial charge in [0.1, 0.15) is 5.82 Å². The van der Waals surface area contributed by atoms with Gasteiger partial charge in [-0.05, 0) is 50.5 Å². The molecule has 4 rings (SSSR count). The molecule has 2 aromatic heterocycles. The van der Waals surface area contributed by atoms with Gasteiger partial charge >= 0.3 is 0 Å². The Morgan fingerprint density at radius 3 is 2.79 bits per heavy atom. The number of thiazole rings is 1. The number of fused-ring (bicyclic) bond motifs is 3. The van der Waals surface area contributed by atoms with Crippen LogP contribution >= 0.6 is 11.3 Å². The highest BCUT2D eigenvalue weighted by Gasteiger charge is 2.22. The third kappa shape index (κ3) is 1.56. The van der Waals surface area contributed by atoms with E-state index in [0.717, 1.165) is 22.6 Å². The molecule has 1 aliphatic rings. The quantitative estimate of drug-likeness (QED) is 0.654. The fraction of sp³-hybridized carbons (Fsp3) is 0.267. The monoisotopic (exact) mass is 272 g/mol. The van der Waals surface area contributed by atoms with Gasteiger partial charge in [-0.1, -0.05) is 0 Å². The van der Waals surface area contributed by atoms with E-state index in [2.05, 4.69) is 11.3 Å². The second kappa shape index (κ2) is 3.90. The van der Waals surface area contributed by atoms with E-state index in [9.17, 15) is 4.39 Å². The molecule has 0 aliphatic heterocycles. The number of hydrogen-bond acceptors (Lipinski definition) is 2. The minimum Gasteiger partial charge on any atom is -0.291 e. The van der Waals surface area contributed by atoms with Crippen LogP contribution in [-0.2, 0) is 12.8 Å². The summed E-state index contributed by atoms with van der Waals surface area (Å²) in [5, 5.41) is 0. The predicted octanol–water partition coefficient (Wildman–Crippen LogP) is 4.00. The zero-order valence-corrected chi connectivity index (χ0v) is 11.4. The van der Waals surface area contributed by atoms with Crippen LogP contribution in [0.4, 0.5) is 4.39 Å². The SMILES string of the molecule is Cc1c(-c2ccc(F)cc2)nc2sc3c(n12)CCC3. The average Bonchev–Trinajstić information content (AvgIpc) is 3.03. The highest BCUT2D eigenvalue weighted by atomic mass is 32.1. The van der Waals surface area contributed by atoms with Crippen LogP contribution in [-0.4, -0.2) is 9.38 Å². The van der Waals surface area contributed by atoms with E-state index in [4.69, 9.17) is 4.98 Å². The fourth-order valence-electron chi connectivity index (χ4n) is 2.90. The molecule has 0 N–H and O–H groups in total. The zero-order chi connectivity index (χ0) is 13.0. The lowest BCUT2D eigenvalue weighted by molar-refractivity contribution is 0.628. The number of hydrogen-bond donors (Lipinski definition) is 0. The highest BCUT2D eigenvalue weighted by Crippen LogP contribution is 2.35. The van der Waals surface area contributed by atoms with E-state index in [1.165, 1.54) is 41.2 Å². The van der Waals surface area contributed by atoms with Crippen molar-refractivity contribution in [3.8, 4) is 11.3 Å². The number of nitrogens with zero attached hydrogens (tertiary/aromatic N) is 2. The number of aryl methyl sites for hydroxylation is 3. The molecule has 0 radical (unpaired) electrons. The first kappa shape index (κ1) is 11.2. The van der Waals surface area contributed by atoms with E-state index in [0.29, 0.717) is 0 Å². The fourth-order valence-corrected chi connectivity index (χ4v) is 4.15. The van der Waals surface area contributed by atoms with Crippen molar-refractivity contribution in [1.82, 2.24) is 9.38 Å². The zero-order valence-electron chi connectivity index (χ0n) is 10.6. The smallest absolute Gasteiger partial charge is 0.194 e. The molecule has 0 bridgehead atoms. The molecule has 0 atom stereocenters. The molecule has 3 aromatic rings. The number of benzene rings is 1. The maximum Gasteiger partial charge on any atom is 0.194 e. The van der Waals surface area contributed by atoms with E-state index < -0.39 is 0 Å². The van der Waals surface area contributed by atoms with Gasteiger partial charge < -0.3 is 0 Å². The van der Waals surface area contributed by atoms with Gasteiger partial charge in [0.25, 0.3) is 0 Å². The number of halogens is 1. The van der Waals surface area contributed by atoms with Crippen LogP contribution in [0.2, 0.25) is 0 Å². The summed E-state index contributed by atoms with van der Waals surface area (Å²) in [5.74, 6) is -0.205. The Balaban J connectivity index is 1.94. The molecule has 2 heterocycles. The molecule has 0 spiro atoms. The minimum atomic E-state index is -0.205. The molecule has 4 heteroatoms. The summed E-state index contributed by atoms with van der Waals surface area (Å²) in [5.41, 5.74) is 4.56. The standard InChI is InChI=1S/C15H13FN2S/c1-9-14(10-5-7-11(16)8-6-10)17-15-18(9)12-3-2-4-13(12)19-15/h5-8H,2-4H2,1H3. The molecule has 0 unspecified atom stereocenters. The Labute approximate surface area is 114 Å². The largest absolute Gasteiger partial charge is 0.291 e. The van der Waals surface area contributed by atoms with Crippen molar-refractivity contribution in [2.75, 3.05) is 0 Å². The van der Waals surface area contributed by atoms with Gasteiger partial charge in [0, 0.05) is 21.8 Å². The molecule has 1 aliphatic carbocycles. The summed E-state index contributed by atoms with van der Waals surface area (Å²) in [6.45, 7) is 2.10. The van der Waals surface area contributed by atoms with Crippen LogP contribution in [0.3, 0.4) is 0 Å². The van der Waals surface area contributed by atoms with E-state index in [1.54, 1.807) is 23.5 Å². The summed E-state index contributed by atoms with van der Waals surface area (Å²) < 4.78 is 15.3. The Morgan fingerprint density at radius 2 is 2.00 bits per heavy atom. The lowest BCUT2D eigenvalue weighted by Gasteiger charge is -2.01. The van der Waals surface area contributed by atoms with Crippen molar-refractivity contribution in [2.45, 2.75) is 26.2 Å². The molecule has 1 aromatic carbocycles. The predicted molar refractivity (Wildman–Crippen MR) is 75.2 cm³/mol. The first-order valence-electron chi connectivity index (χ1n) is 6.49. The van der Waals surface area contributed by atoms with Gasteiger partial charge in [-0.15, -0.1) is 11.3 Å². The maximum atomic E-state index is 13.0. The maximum absolute atomic E-state index is 13.0. The van der Waals surface area contributed by atoms with E-state index in [-0.39, 0.29) is 5.82 Å². The molecule has 96 valence electrons. The van der Waals surface area contributed by atoms with Crippen LogP contribution in [0.25, 0.3) is 16.2 Å². The minimum absolute atomic E-state index is 0.205. The lowest BCUT2D eigenvalue weighted by Crippen LogP contribution is -1.91. The Bertz CT molecular complexity index is 768. The van der Waals surface area contributed by atoms with Gasteiger partial charge in [0.05, 0.1) is 5.69 Å². The number of aromatic nitrogens is 2. The summed E-state index contributed by atoms with van der Waals surface area (Å²) >= 11 is 1.80. The van der Waals surface area contributed by atoms with Crippen molar-refractivity contribution in [1.29, 1.82) is 0 Å². The van der Waals surface area contributed by atoms with Crippen molar-refractivity contribution >= 4 is 16.3 Å². The van der Waals surface area contributed by atoms with Crippen LogP contribution in [0, 0.1) is 12.7 Å². The Morgan fingerprint density at radius 1 is 1.21 bits per heavy atom. The highest BCUT2D eigenvalue weighted by molar-refractivity contribution is 7.17. The second-order valence-corrected chi connectivity index (χ2v) is 6.06. The summed E-state index contributed by atoms with van der Waals surface area (Å²) in [6, 6.07) is 6.59. The third-order valence-electron chi connectivity index (χ3n) is 3.82. The number of rotatable bonds is 1. The first-order chi connectivity index (χ1) is 9.24. The van der Waals surface area contributed by atoms with Gasteiger partial charge in [-0.3, -0.25) is 4.40 Å². The molecule has 19 heavy (non-hydrogen) atoms. The Hall–Kier alpha value is -1.68. The van der Waals surface area contributed by atoms with Crippen molar-refractivity contribution < 1.29 is 4.39 Å². The summed E-state index contributed by atoms with van der Waals surface area (Å²) in [6.07, 6.45) is 3.59. The molecule has 0 saturated heterocycles. The van der Waals surface area contributed by atoms with Crippen LogP contribution in [0.1, 0.15) is 22.7 Å². The van der Waals surface area contributed by atoms with Crippen molar-refractivity contribution in [2.24, 2.45) is 0 Å². The summed E-state index contributed by atoms with van der Waals surface area (Å²) in [4.78, 5) is 7.29. The molecule has 0 amide bonds. The van der Waals surface area contributed by atoms with Gasteiger partial charge in [0.2, 0.25) is 0 Å². The lowest BCUT2D eigenvalue weighted by atomic mass is 10.1. The van der Waals surface area contributed by atoms with Gasteiger partial charge in [0.15, 0.2) is 4.96 Å². The van der Waals surface area contributed by atoms with E-state index in [1.807, 2.05) is 0 Å². The van der Waals surface area contributed by atoms with Gasteiger partial charge in [-0.2, -0.15) is 0 Å². The van der Waals surface area contributed by atoms with Crippen molar-refractivity contribution in [3.63, 3.8) is 0 Å². The Kier molecular flexibility index (Phi) is 2.30. The molecule has 0 fully saturated rings. The molecule has 0 saturated carbocycles. The normalized spacial score (nSPS) is 14.2. The average molecular weight is 272 g/mol. The topological polar surface area (TPSA) is 17.3 Å². The molecule has 2 nitrogen and oxygen atoms in total.